The number of para-hydroxylation sites is 1. The predicted octanol–water partition coefficient (Wildman–Crippen LogP) is 11.8. The molecule has 256 valence electrons. The summed E-state index contributed by atoms with van der Waals surface area (Å²) in [4.78, 5) is 5.17. The van der Waals surface area contributed by atoms with E-state index in [9.17, 15) is 0 Å². The number of hydrogen-bond donors (Lipinski definition) is 0. The number of aryl methyl sites for hydroxylation is 2. The van der Waals surface area contributed by atoms with Crippen molar-refractivity contribution in [1.29, 1.82) is 0 Å². The summed E-state index contributed by atoms with van der Waals surface area (Å²) in [5.74, 6) is 0.553. The Labute approximate surface area is 314 Å². The van der Waals surface area contributed by atoms with E-state index in [0.717, 1.165) is 0 Å². The Kier molecular flexibility index (Phi) is 7.83. The van der Waals surface area contributed by atoms with E-state index < -0.39 is 0 Å². The van der Waals surface area contributed by atoms with Gasteiger partial charge in [0, 0.05) is 34.1 Å². The van der Waals surface area contributed by atoms with E-state index in [0.29, 0.717) is 5.92 Å². The van der Waals surface area contributed by atoms with Crippen LogP contribution in [0.4, 0.5) is 34.1 Å². The molecular formula is C50H43BN2. The molecule has 53 heavy (non-hydrogen) atoms. The summed E-state index contributed by atoms with van der Waals surface area (Å²) in [6.45, 7) is 4.60. The quantitative estimate of drug-likeness (QED) is 0.167. The van der Waals surface area contributed by atoms with Crippen molar-refractivity contribution in [3.63, 3.8) is 0 Å². The van der Waals surface area contributed by atoms with Gasteiger partial charge >= 0.3 is 0 Å². The fourth-order valence-electron chi connectivity index (χ4n) is 9.41. The molecule has 0 aromatic heterocycles. The Morgan fingerprint density at radius 2 is 0.925 bits per heavy atom. The number of hydrogen-bond acceptors (Lipinski definition) is 2. The average Bonchev–Trinajstić information content (AvgIpc) is 3.22. The van der Waals surface area contributed by atoms with Crippen molar-refractivity contribution in [1.82, 2.24) is 0 Å². The summed E-state index contributed by atoms with van der Waals surface area (Å²) in [6.07, 6.45) is 6.44. The van der Waals surface area contributed by atoms with Crippen LogP contribution in [0.25, 0.3) is 22.3 Å². The maximum Gasteiger partial charge on any atom is 0.252 e. The van der Waals surface area contributed by atoms with Gasteiger partial charge in [-0.15, -0.1) is 0 Å². The van der Waals surface area contributed by atoms with Crippen molar-refractivity contribution in [2.45, 2.75) is 51.9 Å². The monoisotopic (exact) mass is 682 g/mol. The zero-order chi connectivity index (χ0) is 35.5. The summed E-state index contributed by atoms with van der Waals surface area (Å²) < 4.78 is 0. The molecule has 1 saturated carbocycles. The first kappa shape index (κ1) is 31.9. The van der Waals surface area contributed by atoms with Crippen molar-refractivity contribution < 1.29 is 0 Å². The van der Waals surface area contributed by atoms with Crippen molar-refractivity contribution in [3.8, 4) is 22.3 Å². The molecule has 0 saturated heterocycles. The first-order valence-corrected chi connectivity index (χ1v) is 19.4. The average molecular weight is 683 g/mol. The van der Waals surface area contributed by atoms with Gasteiger partial charge < -0.3 is 9.80 Å². The van der Waals surface area contributed by atoms with Crippen molar-refractivity contribution in [2.24, 2.45) is 0 Å². The normalized spacial score (nSPS) is 14.8. The SMILES string of the molecule is Cc1ccc2c(c1)B1c3cc(C)ccc3N(c3cc(-c4ccccc4)cc(-c4ccccc4)c3)c3cc(C4CCCCC4)cc(c31)N2c1ccccc1. The highest BCUT2D eigenvalue weighted by Crippen LogP contribution is 2.48. The molecule has 0 unspecified atom stereocenters. The van der Waals surface area contributed by atoms with E-state index in [2.05, 4.69) is 181 Å². The van der Waals surface area contributed by atoms with Gasteiger partial charge in [-0.3, -0.25) is 0 Å². The van der Waals surface area contributed by atoms with Gasteiger partial charge in [0.15, 0.2) is 0 Å². The molecular weight excluding hydrogens is 639 g/mol. The van der Waals surface area contributed by atoms with Crippen LogP contribution >= 0.6 is 0 Å². The van der Waals surface area contributed by atoms with E-state index in [-0.39, 0.29) is 6.71 Å². The fraction of sp³-hybridized carbons (Fsp3) is 0.160. The van der Waals surface area contributed by atoms with Crippen LogP contribution in [0.2, 0.25) is 0 Å². The van der Waals surface area contributed by atoms with Gasteiger partial charge in [-0.05, 0) is 131 Å². The van der Waals surface area contributed by atoms with Crippen LogP contribution in [0.3, 0.4) is 0 Å². The lowest BCUT2D eigenvalue weighted by Gasteiger charge is -2.45. The van der Waals surface area contributed by atoms with Gasteiger partial charge in [0.25, 0.3) is 6.71 Å². The summed E-state index contributed by atoms with van der Waals surface area (Å²) in [6, 6.07) is 59.4. The minimum absolute atomic E-state index is 0.118. The third-order valence-corrected chi connectivity index (χ3v) is 11.9. The zero-order valence-electron chi connectivity index (χ0n) is 30.6. The topological polar surface area (TPSA) is 6.48 Å². The highest BCUT2D eigenvalue weighted by Gasteiger charge is 2.44. The number of anilines is 6. The van der Waals surface area contributed by atoms with Gasteiger partial charge in [0.05, 0.1) is 0 Å². The van der Waals surface area contributed by atoms with Crippen molar-refractivity contribution in [2.75, 3.05) is 9.80 Å². The lowest BCUT2D eigenvalue weighted by Crippen LogP contribution is -2.61. The Bertz CT molecular complexity index is 2410. The lowest BCUT2D eigenvalue weighted by molar-refractivity contribution is 0.444. The van der Waals surface area contributed by atoms with Gasteiger partial charge in [0.2, 0.25) is 0 Å². The summed E-state index contributed by atoms with van der Waals surface area (Å²) >= 11 is 0. The Morgan fingerprint density at radius 3 is 1.45 bits per heavy atom. The van der Waals surface area contributed by atoms with Crippen LogP contribution in [-0.4, -0.2) is 6.71 Å². The third kappa shape index (κ3) is 5.49. The summed E-state index contributed by atoms with van der Waals surface area (Å²) in [5, 5.41) is 0. The molecule has 0 bridgehead atoms. The van der Waals surface area contributed by atoms with Crippen molar-refractivity contribution in [3.05, 3.63) is 174 Å². The van der Waals surface area contributed by atoms with Crippen LogP contribution in [0.1, 0.15) is 54.7 Å². The Hall–Kier alpha value is -5.80. The molecule has 3 heteroatoms. The second kappa shape index (κ2) is 13.0. The van der Waals surface area contributed by atoms with Crippen LogP contribution < -0.4 is 26.2 Å². The highest BCUT2D eigenvalue weighted by molar-refractivity contribution is 7.00. The molecule has 0 N–H and O–H groups in total. The molecule has 0 atom stereocenters. The minimum Gasteiger partial charge on any atom is -0.311 e. The lowest BCUT2D eigenvalue weighted by atomic mass is 9.33. The molecule has 2 heterocycles. The zero-order valence-corrected chi connectivity index (χ0v) is 30.6. The number of fused-ring (bicyclic) bond motifs is 4. The van der Waals surface area contributed by atoms with E-state index in [1.54, 1.807) is 0 Å². The summed E-state index contributed by atoms with van der Waals surface area (Å²) in [7, 11) is 0. The first-order chi connectivity index (χ1) is 26.1. The van der Waals surface area contributed by atoms with E-state index >= 15 is 0 Å². The number of rotatable bonds is 5. The minimum atomic E-state index is 0.118. The largest absolute Gasteiger partial charge is 0.311 e. The predicted molar refractivity (Wildman–Crippen MR) is 227 cm³/mol. The number of benzene rings is 7. The van der Waals surface area contributed by atoms with Gasteiger partial charge in [-0.2, -0.15) is 0 Å². The molecule has 3 aliphatic rings. The van der Waals surface area contributed by atoms with E-state index in [1.807, 2.05) is 0 Å². The molecule has 10 rings (SSSR count). The first-order valence-electron chi connectivity index (χ1n) is 19.4. The molecule has 1 aliphatic carbocycles. The van der Waals surface area contributed by atoms with Crippen LogP contribution in [0.15, 0.2) is 158 Å². The van der Waals surface area contributed by atoms with E-state index in [4.69, 9.17) is 0 Å². The van der Waals surface area contributed by atoms with Crippen molar-refractivity contribution >= 4 is 57.2 Å². The van der Waals surface area contributed by atoms with Crippen LogP contribution in [0.5, 0.6) is 0 Å². The van der Waals surface area contributed by atoms with Gasteiger partial charge in [0.1, 0.15) is 0 Å². The third-order valence-electron chi connectivity index (χ3n) is 11.9. The van der Waals surface area contributed by atoms with E-state index in [1.165, 1.54) is 122 Å². The molecule has 7 aromatic rings. The molecule has 7 aromatic carbocycles. The smallest absolute Gasteiger partial charge is 0.252 e. The van der Waals surface area contributed by atoms with Crippen LogP contribution in [-0.2, 0) is 0 Å². The molecule has 0 radical (unpaired) electrons. The standard InChI is InChI=1S/C50H43BN2/c1-34-23-25-46-44(27-34)51-45-28-35(2)24-26-47(45)53(43-30-39(36-15-7-3-8-16-36)29-40(31-43)37-17-9-4-10-18-37)49-33-41(38-19-11-5-12-20-38)32-48(50(49)51)52(46)42-21-13-6-14-22-42/h3-4,6-10,13-18,21-33,38H,5,11-12,19-20H2,1-2H3. The number of nitrogens with zero attached hydrogens (tertiary/aromatic N) is 2. The van der Waals surface area contributed by atoms with Gasteiger partial charge in [-0.25, -0.2) is 0 Å². The Balaban J connectivity index is 1.30. The maximum absolute atomic E-state index is 2.61. The second-order valence-electron chi connectivity index (χ2n) is 15.4. The molecule has 2 aliphatic heterocycles. The van der Waals surface area contributed by atoms with Gasteiger partial charge in [-0.1, -0.05) is 134 Å². The fourth-order valence-corrected chi connectivity index (χ4v) is 9.41. The summed E-state index contributed by atoms with van der Waals surface area (Å²) in [5.41, 5.74) is 20.7. The second-order valence-corrected chi connectivity index (χ2v) is 15.4. The molecule has 0 amide bonds. The van der Waals surface area contributed by atoms with Crippen LogP contribution in [0, 0.1) is 13.8 Å². The Morgan fingerprint density at radius 1 is 0.434 bits per heavy atom. The molecule has 0 spiro atoms. The maximum atomic E-state index is 2.61. The highest BCUT2D eigenvalue weighted by atomic mass is 15.2. The molecule has 1 fully saturated rings. The molecule has 2 nitrogen and oxygen atoms in total.